The fourth-order valence-corrected chi connectivity index (χ4v) is 4.21. The lowest BCUT2D eigenvalue weighted by Gasteiger charge is -2.34. The van der Waals surface area contributed by atoms with Crippen LogP contribution in [0.15, 0.2) is 30.4 Å². The van der Waals surface area contributed by atoms with Crippen molar-refractivity contribution in [2.75, 3.05) is 60.7 Å². The number of carbonyl (C=O) groups excluding carboxylic acids is 4. The molecule has 39 heavy (non-hydrogen) atoms. The number of hydrogen-bond donors (Lipinski definition) is 2. The number of Topliss-reactive ketones (excluding diaryl/α,β-unsaturated/α-hetero) is 1. The normalized spacial score (nSPS) is 19.3. The Morgan fingerprint density at radius 1 is 0.974 bits per heavy atom. The second-order valence-electron chi connectivity index (χ2n) is 8.59. The summed E-state index contributed by atoms with van der Waals surface area (Å²) in [5, 5.41) is 7.94. The SMILES string of the molecule is C=O.COc1cc(/C=C/COC(=O)/C=C\C(=O)ON2CCNCC2CC(=O)C2CCNC2)cc(OC)c1OC. The lowest BCUT2D eigenvalue weighted by molar-refractivity contribution is -0.200. The third-order valence-electron chi connectivity index (χ3n) is 6.13. The van der Waals surface area contributed by atoms with Gasteiger partial charge in [0.2, 0.25) is 5.75 Å². The number of hydrogen-bond acceptors (Lipinski definition) is 12. The van der Waals surface area contributed by atoms with Crippen molar-refractivity contribution in [3.05, 3.63) is 35.9 Å². The molecule has 12 heteroatoms. The number of ether oxygens (including phenoxy) is 4. The van der Waals surface area contributed by atoms with Crippen LogP contribution in [0.2, 0.25) is 0 Å². The van der Waals surface area contributed by atoms with Gasteiger partial charge in [-0.2, -0.15) is 0 Å². The molecule has 2 aliphatic rings. The Morgan fingerprint density at radius 2 is 1.64 bits per heavy atom. The molecular formula is C27H37N3O9. The zero-order chi connectivity index (χ0) is 28.6. The lowest BCUT2D eigenvalue weighted by atomic mass is 9.96. The Labute approximate surface area is 228 Å². The Balaban J connectivity index is 0.00000260. The average Bonchev–Trinajstić information content (AvgIpc) is 3.51. The Bertz CT molecular complexity index is 997. The highest BCUT2D eigenvalue weighted by atomic mass is 16.7. The fourth-order valence-electron chi connectivity index (χ4n) is 4.21. The van der Waals surface area contributed by atoms with E-state index < -0.39 is 11.9 Å². The summed E-state index contributed by atoms with van der Waals surface area (Å²) in [6.45, 7) is 5.17. The molecular weight excluding hydrogens is 510 g/mol. The van der Waals surface area contributed by atoms with Crippen LogP contribution in [-0.4, -0.2) is 96.3 Å². The second kappa shape index (κ2) is 17.0. The first-order valence-corrected chi connectivity index (χ1v) is 12.5. The summed E-state index contributed by atoms with van der Waals surface area (Å²) < 4.78 is 21.0. The van der Waals surface area contributed by atoms with Crippen LogP contribution in [0, 0.1) is 5.92 Å². The lowest BCUT2D eigenvalue weighted by Crippen LogP contribution is -2.52. The summed E-state index contributed by atoms with van der Waals surface area (Å²) in [6, 6.07) is 3.28. The zero-order valence-electron chi connectivity index (χ0n) is 22.6. The predicted octanol–water partition coefficient (Wildman–Crippen LogP) is 0.941. The number of esters is 1. The van der Waals surface area contributed by atoms with E-state index in [2.05, 4.69) is 10.6 Å². The quantitative estimate of drug-likeness (QED) is 0.284. The second-order valence-corrected chi connectivity index (χ2v) is 8.59. The highest BCUT2D eigenvalue weighted by Crippen LogP contribution is 2.38. The molecule has 2 aliphatic heterocycles. The van der Waals surface area contributed by atoms with Crippen molar-refractivity contribution < 1.29 is 43.0 Å². The standard InChI is InChI=1S/C26H35N3O8.CH2O/c1-33-22-13-18(14-23(34-2)26(22)35-3)5-4-12-36-24(31)6-7-25(32)37-29-11-10-28-17-20(29)15-21(30)19-8-9-27-16-19;1-2/h4-7,13-14,19-20,27-28H,8-12,15-17H2,1-3H3;1H2/b5-4+,7-6-;. The van der Waals surface area contributed by atoms with Gasteiger partial charge in [0.05, 0.1) is 27.4 Å². The molecule has 2 N–H and O–H groups in total. The highest BCUT2D eigenvalue weighted by molar-refractivity contribution is 5.91. The van der Waals surface area contributed by atoms with Crippen LogP contribution >= 0.6 is 0 Å². The molecule has 1 aromatic rings. The van der Waals surface area contributed by atoms with Crippen LogP contribution in [0.25, 0.3) is 6.08 Å². The molecule has 2 saturated heterocycles. The van der Waals surface area contributed by atoms with Gasteiger partial charge < -0.3 is 39.2 Å². The van der Waals surface area contributed by atoms with Gasteiger partial charge in [-0.15, -0.1) is 5.06 Å². The van der Waals surface area contributed by atoms with Crippen molar-refractivity contribution in [3.8, 4) is 17.2 Å². The number of nitrogens with one attached hydrogen (secondary N) is 2. The molecule has 0 saturated carbocycles. The first kappa shape index (κ1) is 31.5. The van der Waals surface area contributed by atoms with E-state index in [0.29, 0.717) is 49.8 Å². The third-order valence-corrected chi connectivity index (χ3v) is 6.13. The number of benzene rings is 1. The van der Waals surface area contributed by atoms with E-state index in [-0.39, 0.29) is 24.3 Å². The number of hydroxylamine groups is 2. The number of nitrogens with zero attached hydrogens (tertiary/aromatic N) is 1. The number of methoxy groups -OCH3 is 3. The predicted molar refractivity (Wildman–Crippen MR) is 142 cm³/mol. The van der Waals surface area contributed by atoms with Crippen molar-refractivity contribution in [2.24, 2.45) is 5.92 Å². The first-order valence-electron chi connectivity index (χ1n) is 12.5. The molecule has 0 aromatic heterocycles. The summed E-state index contributed by atoms with van der Waals surface area (Å²) in [7, 11) is 4.58. The van der Waals surface area contributed by atoms with Crippen molar-refractivity contribution in [3.63, 3.8) is 0 Å². The summed E-state index contributed by atoms with van der Waals surface area (Å²) in [6.07, 6.45) is 6.56. The summed E-state index contributed by atoms with van der Waals surface area (Å²) >= 11 is 0. The van der Waals surface area contributed by atoms with E-state index in [4.69, 9.17) is 28.6 Å². The maximum atomic E-state index is 12.5. The van der Waals surface area contributed by atoms with E-state index in [9.17, 15) is 14.4 Å². The van der Waals surface area contributed by atoms with E-state index in [1.807, 2.05) is 6.79 Å². The molecule has 1 aromatic carbocycles. The van der Waals surface area contributed by atoms with Crippen LogP contribution in [0.4, 0.5) is 0 Å². The van der Waals surface area contributed by atoms with Gasteiger partial charge in [0, 0.05) is 50.7 Å². The maximum Gasteiger partial charge on any atom is 0.349 e. The van der Waals surface area contributed by atoms with Crippen LogP contribution in [0.3, 0.4) is 0 Å². The molecule has 0 spiro atoms. The number of carbonyl (C=O) groups is 4. The van der Waals surface area contributed by atoms with Gasteiger partial charge in [-0.05, 0) is 36.7 Å². The van der Waals surface area contributed by atoms with Crippen LogP contribution in [0.1, 0.15) is 18.4 Å². The minimum absolute atomic E-state index is 0.00706. The Kier molecular flexibility index (Phi) is 13.7. The van der Waals surface area contributed by atoms with Crippen molar-refractivity contribution in [1.82, 2.24) is 15.7 Å². The molecule has 214 valence electrons. The Hall–Kier alpha value is -3.74. The van der Waals surface area contributed by atoms with Crippen LogP contribution in [-0.2, 0) is 28.8 Å². The van der Waals surface area contributed by atoms with Crippen molar-refractivity contribution in [1.29, 1.82) is 0 Å². The molecule has 0 aliphatic carbocycles. The summed E-state index contributed by atoms with van der Waals surface area (Å²) in [5.41, 5.74) is 0.762. The smallest absolute Gasteiger partial charge is 0.349 e. The van der Waals surface area contributed by atoms with Gasteiger partial charge in [-0.3, -0.25) is 4.79 Å². The fraction of sp³-hybridized carbons (Fsp3) is 0.481. The van der Waals surface area contributed by atoms with Crippen LogP contribution in [0.5, 0.6) is 17.2 Å². The first-order chi connectivity index (χ1) is 18.9. The van der Waals surface area contributed by atoms with E-state index in [0.717, 1.165) is 30.7 Å². The van der Waals surface area contributed by atoms with Gasteiger partial charge in [0.1, 0.15) is 19.2 Å². The highest BCUT2D eigenvalue weighted by Gasteiger charge is 2.31. The van der Waals surface area contributed by atoms with E-state index in [1.54, 1.807) is 24.3 Å². The topological polar surface area (TPSA) is 142 Å². The van der Waals surface area contributed by atoms with E-state index in [1.165, 1.54) is 26.4 Å². The maximum absolute atomic E-state index is 12.5. The van der Waals surface area contributed by atoms with Gasteiger partial charge >= 0.3 is 11.9 Å². The third kappa shape index (κ3) is 9.82. The van der Waals surface area contributed by atoms with Gasteiger partial charge in [0.15, 0.2) is 11.5 Å². The van der Waals surface area contributed by atoms with Crippen molar-refractivity contribution in [2.45, 2.75) is 18.9 Å². The number of piperazine rings is 1. The molecule has 0 amide bonds. The molecule has 2 fully saturated rings. The molecule has 12 nitrogen and oxygen atoms in total. The molecule has 2 atom stereocenters. The molecule has 2 unspecified atom stereocenters. The van der Waals surface area contributed by atoms with Gasteiger partial charge in [-0.25, -0.2) is 9.59 Å². The largest absolute Gasteiger partial charge is 0.493 e. The zero-order valence-corrected chi connectivity index (χ0v) is 22.6. The van der Waals surface area contributed by atoms with Crippen LogP contribution < -0.4 is 24.8 Å². The summed E-state index contributed by atoms with van der Waals surface area (Å²) in [5.74, 6) is 0.281. The van der Waals surface area contributed by atoms with E-state index >= 15 is 0 Å². The summed E-state index contributed by atoms with van der Waals surface area (Å²) in [4.78, 5) is 50.2. The Morgan fingerprint density at radius 3 is 2.26 bits per heavy atom. The average molecular weight is 548 g/mol. The minimum Gasteiger partial charge on any atom is -0.493 e. The monoisotopic (exact) mass is 547 g/mol. The van der Waals surface area contributed by atoms with Crippen molar-refractivity contribution >= 4 is 30.6 Å². The molecule has 2 heterocycles. The molecule has 0 radical (unpaired) electrons. The van der Waals surface area contributed by atoms with Gasteiger partial charge in [0.25, 0.3) is 0 Å². The van der Waals surface area contributed by atoms with Gasteiger partial charge in [-0.1, -0.05) is 6.08 Å². The number of ketones is 1. The minimum atomic E-state index is -0.702. The molecule has 3 rings (SSSR count). The number of rotatable bonds is 12. The molecule has 0 bridgehead atoms.